The van der Waals surface area contributed by atoms with Gasteiger partial charge in [-0.25, -0.2) is 0 Å². The first kappa shape index (κ1) is 20.9. The van der Waals surface area contributed by atoms with Gasteiger partial charge in [0.1, 0.15) is 0 Å². The van der Waals surface area contributed by atoms with Gasteiger partial charge in [-0.05, 0) is 55.1 Å². The molecule has 1 atom stereocenters. The van der Waals surface area contributed by atoms with E-state index in [2.05, 4.69) is 10.6 Å². The Kier molecular flexibility index (Phi) is 6.59. The largest absolute Gasteiger partial charge is 0.326 e. The molecule has 152 valence electrons. The smallest absolute Gasteiger partial charge is 0.229 e. The number of carbonyl (C=O) groups excluding carboxylic acids is 3. The maximum Gasteiger partial charge on any atom is 0.229 e. The van der Waals surface area contributed by atoms with E-state index in [-0.39, 0.29) is 24.1 Å². The van der Waals surface area contributed by atoms with Crippen molar-refractivity contribution in [3.8, 4) is 0 Å². The van der Waals surface area contributed by atoms with Gasteiger partial charge < -0.3 is 15.5 Å². The van der Waals surface area contributed by atoms with E-state index in [1.807, 2.05) is 43.5 Å². The van der Waals surface area contributed by atoms with Crippen LogP contribution in [-0.4, -0.2) is 30.5 Å². The predicted molar refractivity (Wildman–Crippen MR) is 117 cm³/mol. The van der Waals surface area contributed by atoms with Crippen LogP contribution >= 0.6 is 11.8 Å². The fraction of sp³-hybridized carbons (Fsp3) is 0.318. The van der Waals surface area contributed by atoms with E-state index < -0.39 is 5.92 Å². The lowest BCUT2D eigenvalue weighted by Crippen LogP contribution is -2.28. The summed E-state index contributed by atoms with van der Waals surface area (Å²) in [5, 5.41) is 5.71. The molecule has 1 heterocycles. The molecule has 0 aromatic heterocycles. The molecule has 1 aliphatic rings. The van der Waals surface area contributed by atoms with Gasteiger partial charge in [0.15, 0.2) is 0 Å². The lowest BCUT2D eigenvalue weighted by atomic mass is 10.1. The van der Waals surface area contributed by atoms with Crippen molar-refractivity contribution < 1.29 is 14.4 Å². The second-order valence-corrected chi connectivity index (χ2v) is 7.90. The van der Waals surface area contributed by atoms with Crippen LogP contribution in [0.3, 0.4) is 0 Å². The monoisotopic (exact) mass is 411 g/mol. The van der Waals surface area contributed by atoms with Crippen LogP contribution in [0.2, 0.25) is 0 Å². The van der Waals surface area contributed by atoms with Gasteiger partial charge in [-0.3, -0.25) is 14.4 Å². The van der Waals surface area contributed by atoms with Crippen molar-refractivity contribution in [1.29, 1.82) is 0 Å². The average molecular weight is 412 g/mol. The molecule has 1 unspecified atom stereocenters. The second kappa shape index (κ2) is 9.13. The van der Waals surface area contributed by atoms with Gasteiger partial charge in [-0.2, -0.15) is 0 Å². The van der Waals surface area contributed by atoms with E-state index in [4.69, 9.17) is 0 Å². The zero-order valence-corrected chi connectivity index (χ0v) is 17.6. The SMILES string of the molecule is CCC(=O)Nc1ccc(C)c(NC(=O)C2CC(=O)N(c3ccc(SC)cc3)C2)c1. The van der Waals surface area contributed by atoms with E-state index in [0.29, 0.717) is 24.3 Å². The highest BCUT2D eigenvalue weighted by Gasteiger charge is 2.35. The maximum atomic E-state index is 12.8. The Morgan fingerprint density at radius 2 is 1.86 bits per heavy atom. The van der Waals surface area contributed by atoms with E-state index in [0.717, 1.165) is 16.1 Å². The van der Waals surface area contributed by atoms with Crippen molar-refractivity contribution in [2.24, 2.45) is 5.92 Å². The van der Waals surface area contributed by atoms with Crippen molar-refractivity contribution in [2.75, 3.05) is 28.3 Å². The fourth-order valence-corrected chi connectivity index (χ4v) is 3.62. The van der Waals surface area contributed by atoms with Crippen LogP contribution in [0, 0.1) is 12.8 Å². The van der Waals surface area contributed by atoms with Crippen LogP contribution in [-0.2, 0) is 14.4 Å². The summed E-state index contributed by atoms with van der Waals surface area (Å²) in [6.45, 7) is 4.03. The zero-order valence-electron chi connectivity index (χ0n) is 16.8. The molecule has 2 aromatic carbocycles. The van der Waals surface area contributed by atoms with Crippen LogP contribution in [0.15, 0.2) is 47.4 Å². The van der Waals surface area contributed by atoms with Crippen molar-refractivity contribution in [3.05, 3.63) is 48.0 Å². The summed E-state index contributed by atoms with van der Waals surface area (Å²) >= 11 is 1.64. The number of rotatable bonds is 6. The Morgan fingerprint density at radius 1 is 1.14 bits per heavy atom. The first-order chi connectivity index (χ1) is 13.9. The molecule has 7 heteroatoms. The average Bonchev–Trinajstić information content (AvgIpc) is 3.12. The summed E-state index contributed by atoms with van der Waals surface area (Å²) in [6.07, 6.45) is 2.57. The number of amides is 3. The molecule has 3 rings (SSSR count). The number of nitrogens with one attached hydrogen (secondary N) is 2. The molecule has 1 aliphatic heterocycles. The molecular formula is C22H25N3O3S. The molecule has 0 spiro atoms. The van der Waals surface area contributed by atoms with Crippen molar-refractivity contribution in [1.82, 2.24) is 0 Å². The molecule has 0 saturated carbocycles. The van der Waals surface area contributed by atoms with E-state index in [9.17, 15) is 14.4 Å². The molecular weight excluding hydrogens is 386 g/mol. The highest BCUT2D eigenvalue weighted by Crippen LogP contribution is 2.28. The number of anilines is 3. The Balaban J connectivity index is 1.69. The number of hydrogen-bond acceptors (Lipinski definition) is 4. The number of benzene rings is 2. The van der Waals surface area contributed by atoms with Crippen molar-refractivity contribution in [2.45, 2.75) is 31.6 Å². The van der Waals surface area contributed by atoms with E-state index >= 15 is 0 Å². The zero-order chi connectivity index (χ0) is 21.0. The quantitative estimate of drug-likeness (QED) is 0.703. The summed E-state index contributed by atoms with van der Waals surface area (Å²) in [5.74, 6) is -0.752. The molecule has 3 amide bonds. The third-order valence-corrected chi connectivity index (χ3v) is 5.72. The van der Waals surface area contributed by atoms with E-state index in [1.165, 1.54) is 0 Å². The summed E-state index contributed by atoms with van der Waals surface area (Å²) in [7, 11) is 0. The minimum atomic E-state index is -0.420. The summed E-state index contributed by atoms with van der Waals surface area (Å²) < 4.78 is 0. The topological polar surface area (TPSA) is 78.5 Å². The van der Waals surface area contributed by atoms with E-state index in [1.54, 1.807) is 35.7 Å². The van der Waals surface area contributed by atoms with Gasteiger partial charge in [-0.15, -0.1) is 11.8 Å². The lowest BCUT2D eigenvalue weighted by molar-refractivity contribution is -0.122. The molecule has 29 heavy (non-hydrogen) atoms. The number of carbonyl (C=O) groups is 3. The molecule has 0 radical (unpaired) electrons. The van der Waals surface area contributed by atoms with Crippen molar-refractivity contribution >= 4 is 46.5 Å². The van der Waals surface area contributed by atoms with Gasteiger partial charge in [0.25, 0.3) is 0 Å². The third kappa shape index (κ3) is 4.98. The highest BCUT2D eigenvalue weighted by atomic mass is 32.2. The maximum absolute atomic E-state index is 12.8. The third-order valence-electron chi connectivity index (χ3n) is 4.98. The first-order valence-corrected chi connectivity index (χ1v) is 10.8. The van der Waals surface area contributed by atoms with Gasteiger partial charge in [-0.1, -0.05) is 13.0 Å². The molecule has 1 fully saturated rings. The minimum absolute atomic E-state index is 0.0530. The molecule has 0 bridgehead atoms. The number of aryl methyl sites for hydroxylation is 1. The molecule has 2 aromatic rings. The van der Waals surface area contributed by atoms with Gasteiger partial charge in [0, 0.05) is 41.3 Å². The molecule has 2 N–H and O–H groups in total. The Morgan fingerprint density at radius 3 is 2.52 bits per heavy atom. The Bertz CT molecular complexity index is 927. The molecule has 0 aliphatic carbocycles. The lowest BCUT2D eigenvalue weighted by Gasteiger charge is -2.17. The Labute approximate surface area is 175 Å². The van der Waals surface area contributed by atoms with Gasteiger partial charge in [0.05, 0.1) is 5.92 Å². The van der Waals surface area contributed by atoms with Crippen molar-refractivity contribution in [3.63, 3.8) is 0 Å². The number of hydrogen-bond donors (Lipinski definition) is 2. The van der Waals surface area contributed by atoms with Crippen LogP contribution < -0.4 is 15.5 Å². The number of thioether (sulfide) groups is 1. The second-order valence-electron chi connectivity index (χ2n) is 7.02. The number of nitrogens with zero attached hydrogens (tertiary/aromatic N) is 1. The van der Waals surface area contributed by atoms with Crippen LogP contribution in [0.1, 0.15) is 25.3 Å². The van der Waals surface area contributed by atoms with Crippen LogP contribution in [0.5, 0.6) is 0 Å². The normalized spacial score (nSPS) is 16.0. The van der Waals surface area contributed by atoms with Crippen LogP contribution in [0.4, 0.5) is 17.1 Å². The highest BCUT2D eigenvalue weighted by molar-refractivity contribution is 7.98. The fourth-order valence-electron chi connectivity index (χ4n) is 3.21. The van der Waals surface area contributed by atoms with Gasteiger partial charge >= 0.3 is 0 Å². The molecule has 1 saturated heterocycles. The Hall–Kier alpha value is -2.80. The predicted octanol–water partition coefficient (Wildman–Crippen LogP) is 4.06. The first-order valence-electron chi connectivity index (χ1n) is 9.57. The standard InChI is InChI=1S/C22H25N3O3S/c1-4-20(26)23-16-6-5-14(2)19(12-16)24-22(28)15-11-21(27)25(13-15)17-7-9-18(29-3)10-8-17/h5-10,12,15H,4,11,13H2,1-3H3,(H,23,26)(H,24,28). The van der Waals surface area contributed by atoms with Gasteiger partial charge in [0.2, 0.25) is 17.7 Å². The summed E-state index contributed by atoms with van der Waals surface area (Å²) in [6, 6.07) is 13.2. The molecule has 6 nitrogen and oxygen atoms in total. The summed E-state index contributed by atoms with van der Waals surface area (Å²) in [5.41, 5.74) is 2.97. The summed E-state index contributed by atoms with van der Waals surface area (Å²) in [4.78, 5) is 39.7. The minimum Gasteiger partial charge on any atom is -0.326 e. The van der Waals surface area contributed by atoms with Crippen LogP contribution in [0.25, 0.3) is 0 Å².